The maximum Gasteiger partial charge on any atom is 0.293 e. The van der Waals surface area contributed by atoms with Crippen molar-refractivity contribution in [2.24, 2.45) is 16.5 Å². The number of hydrogen-bond acceptors (Lipinski definition) is 6. The van der Waals surface area contributed by atoms with Gasteiger partial charge in [0.2, 0.25) is 5.82 Å². The molecule has 1 heterocycles. The van der Waals surface area contributed by atoms with Crippen LogP contribution in [0.15, 0.2) is 71.7 Å². The van der Waals surface area contributed by atoms with Crippen LogP contribution in [-0.2, 0) is 0 Å². The van der Waals surface area contributed by atoms with Crippen LogP contribution in [-0.4, -0.2) is 28.9 Å². The van der Waals surface area contributed by atoms with Crippen molar-refractivity contribution in [3.8, 4) is 5.75 Å². The zero-order chi connectivity index (χ0) is 23.4. The highest BCUT2D eigenvalue weighted by Crippen LogP contribution is 2.30. The molecule has 0 atom stereocenters. The summed E-state index contributed by atoms with van der Waals surface area (Å²) in [4.78, 5) is 26.1. The molecule has 0 aliphatic rings. The van der Waals surface area contributed by atoms with E-state index in [4.69, 9.17) is 16.2 Å². The van der Waals surface area contributed by atoms with Crippen molar-refractivity contribution < 1.29 is 9.53 Å². The van der Waals surface area contributed by atoms with Gasteiger partial charge in [-0.2, -0.15) is 0 Å². The molecule has 0 radical (unpaired) electrons. The van der Waals surface area contributed by atoms with Crippen LogP contribution in [0.4, 0.5) is 22.9 Å². The molecule has 9 nitrogen and oxygen atoms in total. The minimum absolute atomic E-state index is 0.0176. The second-order valence-corrected chi connectivity index (χ2v) is 7.28. The first-order valence-corrected chi connectivity index (χ1v) is 10.1. The van der Waals surface area contributed by atoms with E-state index in [1.807, 2.05) is 43.3 Å². The van der Waals surface area contributed by atoms with E-state index < -0.39 is 5.91 Å². The molecule has 4 rings (SSSR count). The summed E-state index contributed by atoms with van der Waals surface area (Å²) in [7, 11) is 1.58. The van der Waals surface area contributed by atoms with E-state index in [9.17, 15) is 4.79 Å². The standard InChI is InChI=1S/C24H23N7O2/c1-14-7-12-18-17(13-14)21(29-19-5-3-4-6-20(19)30-24(25)26)31-22(28-18)23(32)27-15-8-10-16(33-2)11-9-15/h3-13H,1-2H3,(H,27,32)(H4,25,26,30)(H,28,29,31). The van der Waals surface area contributed by atoms with Gasteiger partial charge >= 0.3 is 0 Å². The number of nitrogens with zero attached hydrogens (tertiary/aromatic N) is 3. The third-order valence-corrected chi connectivity index (χ3v) is 4.81. The molecular weight excluding hydrogens is 418 g/mol. The van der Waals surface area contributed by atoms with Gasteiger partial charge in [-0.3, -0.25) is 4.79 Å². The van der Waals surface area contributed by atoms with Crippen LogP contribution in [0.1, 0.15) is 16.2 Å². The summed E-state index contributed by atoms with van der Waals surface area (Å²) in [5.41, 5.74) is 14.6. The molecule has 0 aliphatic heterocycles. The number of benzene rings is 3. The molecule has 166 valence electrons. The molecule has 33 heavy (non-hydrogen) atoms. The van der Waals surface area contributed by atoms with E-state index in [2.05, 4.69) is 25.6 Å². The minimum Gasteiger partial charge on any atom is -0.497 e. The normalized spacial score (nSPS) is 10.5. The summed E-state index contributed by atoms with van der Waals surface area (Å²) in [5, 5.41) is 6.83. The van der Waals surface area contributed by atoms with Crippen LogP contribution in [0.5, 0.6) is 5.75 Å². The van der Waals surface area contributed by atoms with E-state index >= 15 is 0 Å². The molecule has 1 amide bonds. The number of hydrogen-bond donors (Lipinski definition) is 4. The van der Waals surface area contributed by atoms with E-state index in [0.717, 1.165) is 10.9 Å². The number of carbonyl (C=O) groups is 1. The number of rotatable bonds is 6. The number of para-hydroxylation sites is 2. The maximum absolute atomic E-state index is 12.9. The first-order chi connectivity index (χ1) is 15.9. The van der Waals surface area contributed by atoms with Crippen molar-refractivity contribution in [1.82, 2.24) is 9.97 Å². The van der Waals surface area contributed by atoms with Crippen molar-refractivity contribution in [1.29, 1.82) is 0 Å². The van der Waals surface area contributed by atoms with Crippen molar-refractivity contribution in [2.75, 3.05) is 17.7 Å². The Labute approximate surface area is 190 Å². The Hall–Kier alpha value is -4.66. The van der Waals surface area contributed by atoms with Gasteiger partial charge in [0.15, 0.2) is 5.96 Å². The lowest BCUT2D eigenvalue weighted by Crippen LogP contribution is -2.22. The van der Waals surface area contributed by atoms with E-state index in [-0.39, 0.29) is 11.8 Å². The molecule has 6 N–H and O–H groups in total. The second-order valence-electron chi connectivity index (χ2n) is 7.28. The molecule has 0 saturated carbocycles. The Morgan fingerprint density at radius 3 is 2.48 bits per heavy atom. The fourth-order valence-electron chi connectivity index (χ4n) is 3.24. The first-order valence-electron chi connectivity index (χ1n) is 10.1. The number of anilines is 3. The molecule has 0 aliphatic carbocycles. The van der Waals surface area contributed by atoms with E-state index in [1.165, 1.54) is 0 Å². The molecule has 4 aromatic rings. The monoisotopic (exact) mass is 441 g/mol. The zero-order valence-electron chi connectivity index (χ0n) is 18.2. The fourth-order valence-corrected chi connectivity index (χ4v) is 3.24. The lowest BCUT2D eigenvalue weighted by atomic mass is 10.1. The summed E-state index contributed by atoms with van der Waals surface area (Å²) in [6.07, 6.45) is 0. The second kappa shape index (κ2) is 9.23. The van der Waals surface area contributed by atoms with Crippen LogP contribution < -0.4 is 26.8 Å². The zero-order valence-corrected chi connectivity index (χ0v) is 18.2. The average molecular weight is 441 g/mol. The van der Waals surface area contributed by atoms with Crippen LogP contribution in [0.3, 0.4) is 0 Å². The van der Waals surface area contributed by atoms with Gasteiger partial charge in [-0.25, -0.2) is 15.0 Å². The lowest BCUT2D eigenvalue weighted by Gasteiger charge is -2.13. The summed E-state index contributed by atoms with van der Waals surface area (Å²) >= 11 is 0. The molecule has 0 bridgehead atoms. The Bertz CT molecular complexity index is 1350. The van der Waals surface area contributed by atoms with Crippen LogP contribution in [0.2, 0.25) is 0 Å². The number of aromatic nitrogens is 2. The molecule has 9 heteroatoms. The SMILES string of the molecule is COc1ccc(NC(=O)c2nc(Nc3ccccc3N=C(N)N)c3cc(C)ccc3n2)cc1. The quantitative estimate of drug-likeness (QED) is 0.263. The van der Waals surface area contributed by atoms with E-state index in [0.29, 0.717) is 34.1 Å². The third-order valence-electron chi connectivity index (χ3n) is 4.81. The number of amides is 1. The van der Waals surface area contributed by atoms with Gasteiger partial charge in [0, 0.05) is 11.1 Å². The smallest absolute Gasteiger partial charge is 0.293 e. The Morgan fingerprint density at radius 1 is 1.00 bits per heavy atom. The van der Waals surface area contributed by atoms with Gasteiger partial charge in [0.1, 0.15) is 11.6 Å². The third kappa shape index (κ3) is 4.99. The number of aryl methyl sites for hydroxylation is 1. The predicted octanol–water partition coefficient (Wildman–Crippen LogP) is 3.85. The summed E-state index contributed by atoms with van der Waals surface area (Å²) in [5.74, 6) is 0.664. The van der Waals surface area contributed by atoms with Crippen molar-refractivity contribution in [3.05, 3.63) is 78.1 Å². The molecule has 0 saturated heterocycles. The number of nitrogens with one attached hydrogen (secondary N) is 2. The van der Waals surface area contributed by atoms with Crippen LogP contribution in [0, 0.1) is 6.92 Å². The molecule has 3 aromatic carbocycles. The molecular formula is C24H23N7O2. The highest BCUT2D eigenvalue weighted by molar-refractivity contribution is 6.04. The number of carbonyl (C=O) groups excluding carboxylic acids is 1. The fraction of sp³-hybridized carbons (Fsp3) is 0.0833. The number of aliphatic imine (C=N–C) groups is 1. The topological polar surface area (TPSA) is 141 Å². The van der Waals surface area contributed by atoms with Crippen molar-refractivity contribution in [2.45, 2.75) is 6.92 Å². The molecule has 0 fully saturated rings. The van der Waals surface area contributed by atoms with Gasteiger partial charge < -0.3 is 26.8 Å². The van der Waals surface area contributed by atoms with Gasteiger partial charge in [0.25, 0.3) is 5.91 Å². The minimum atomic E-state index is -0.441. The van der Waals surface area contributed by atoms with E-state index in [1.54, 1.807) is 37.4 Å². The highest BCUT2D eigenvalue weighted by Gasteiger charge is 2.16. The number of ether oxygens (including phenoxy) is 1. The van der Waals surface area contributed by atoms with Gasteiger partial charge in [-0.05, 0) is 55.5 Å². The predicted molar refractivity (Wildman–Crippen MR) is 130 cm³/mol. The Kier molecular flexibility index (Phi) is 6.03. The lowest BCUT2D eigenvalue weighted by molar-refractivity contribution is 0.101. The van der Waals surface area contributed by atoms with Gasteiger partial charge in [0.05, 0.1) is 24.0 Å². The first kappa shape index (κ1) is 21.6. The summed E-state index contributed by atoms with van der Waals surface area (Å²) < 4.78 is 5.15. The maximum atomic E-state index is 12.9. The van der Waals surface area contributed by atoms with Gasteiger partial charge in [-0.1, -0.05) is 23.8 Å². The Balaban J connectivity index is 1.74. The number of fused-ring (bicyclic) bond motifs is 1. The van der Waals surface area contributed by atoms with Gasteiger partial charge in [-0.15, -0.1) is 0 Å². The molecule has 0 unspecified atom stereocenters. The number of guanidine groups is 1. The average Bonchev–Trinajstić information content (AvgIpc) is 2.80. The van der Waals surface area contributed by atoms with Crippen LogP contribution >= 0.6 is 0 Å². The number of methoxy groups -OCH3 is 1. The number of nitrogens with two attached hydrogens (primary N) is 2. The molecule has 1 aromatic heterocycles. The van der Waals surface area contributed by atoms with Crippen LogP contribution in [0.25, 0.3) is 10.9 Å². The summed E-state index contributed by atoms with van der Waals surface area (Å²) in [6.45, 7) is 1.97. The van der Waals surface area contributed by atoms with Crippen molar-refractivity contribution in [3.63, 3.8) is 0 Å². The van der Waals surface area contributed by atoms with Crippen molar-refractivity contribution >= 4 is 45.6 Å². The molecule has 0 spiro atoms. The highest BCUT2D eigenvalue weighted by atomic mass is 16.5. The largest absolute Gasteiger partial charge is 0.497 e. The Morgan fingerprint density at radius 2 is 1.76 bits per heavy atom. The summed E-state index contributed by atoms with van der Waals surface area (Å²) in [6, 6.07) is 20.0.